The molecule has 3 aromatic rings. The van der Waals surface area contributed by atoms with Crippen molar-refractivity contribution in [3.8, 4) is 0 Å². The zero-order chi connectivity index (χ0) is 28.0. The van der Waals surface area contributed by atoms with Gasteiger partial charge in [0.05, 0.1) is 21.5 Å². The molecular weight excluding hydrogens is 488 g/mol. The summed E-state index contributed by atoms with van der Waals surface area (Å²) < 4.78 is 1.88. The first-order chi connectivity index (χ1) is 18.2. The lowest BCUT2D eigenvalue weighted by molar-refractivity contribution is -0.131. The van der Waals surface area contributed by atoms with E-state index in [9.17, 15) is 28.8 Å². The number of hydrogen-bond acceptors (Lipinski definition) is 6. The lowest BCUT2D eigenvalue weighted by Crippen LogP contribution is -2.34. The Labute approximate surface area is 218 Å². The van der Waals surface area contributed by atoms with E-state index in [4.69, 9.17) is 0 Å². The molecule has 0 bridgehead atoms. The summed E-state index contributed by atoms with van der Waals surface area (Å²) in [4.78, 5) is 80.0. The molecule has 0 N–H and O–H groups in total. The third-order valence-electron chi connectivity index (χ3n) is 6.26. The highest BCUT2D eigenvalue weighted by Crippen LogP contribution is 2.15. The molecule has 0 unspecified atom stereocenters. The lowest BCUT2D eigenvalue weighted by atomic mass is 10.1. The topological polar surface area (TPSA) is 119 Å². The summed E-state index contributed by atoms with van der Waals surface area (Å²) >= 11 is 0. The Kier molecular flexibility index (Phi) is 8.90. The third-order valence-corrected chi connectivity index (χ3v) is 6.26. The minimum atomic E-state index is -0.641. The smallest absolute Gasteiger partial charge is 0.261 e. The highest BCUT2D eigenvalue weighted by Gasteiger charge is 2.21. The molecule has 10 heteroatoms. The van der Waals surface area contributed by atoms with Gasteiger partial charge in [0.1, 0.15) is 0 Å². The molecule has 2 amide bonds. The molecule has 0 saturated heterocycles. The first kappa shape index (κ1) is 28.0. The van der Waals surface area contributed by atoms with Crippen LogP contribution in [0.4, 0.5) is 0 Å². The lowest BCUT2D eigenvalue weighted by Gasteiger charge is -2.19. The van der Waals surface area contributed by atoms with Crippen molar-refractivity contribution in [2.24, 2.45) is 0 Å². The second-order valence-electron chi connectivity index (χ2n) is 8.72. The fourth-order valence-electron chi connectivity index (χ4n) is 4.39. The molecule has 0 saturated carbocycles. The van der Waals surface area contributed by atoms with Gasteiger partial charge in [-0.25, -0.2) is 0 Å². The van der Waals surface area contributed by atoms with Gasteiger partial charge in [-0.2, -0.15) is 0 Å². The van der Waals surface area contributed by atoms with Gasteiger partial charge in [0, 0.05) is 52.1 Å². The van der Waals surface area contributed by atoms with Gasteiger partial charge >= 0.3 is 0 Å². The maximum absolute atomic E-state index is 13.0. The van der Waals surface area contributed by atoms with Crippen LogP contribution in [-0.2, 0) is 22.7 Å². The van der Waals surface area contributed by atoms with E-state index >= 15 is 0 Å². The van der Waals surface area contributed by atoms with Crippen LogP contribution >= 0.6 is 0 Å². The molecule has 0 aliphatic rings. The van der Waals surface area contributed by atoms with Crippen LogP contribution in [0.1, 0.15) is 12.8 Å². The summed E-state index contributed by atoms with van der Waals surface area (Å²) in [5.74, 6) is -0.557. The first-order valence-corrected chi connectivity index (χ1v) is 12.1. The van der Waals surface area contributed by atoms with E-state index in [1.54, 1.807) is 24.3 Å². The maximum Gasteiger partial charge on any atom is 0.261 e. The summed E-state index contributed by atoms with van der Waals surface area (Å²) in [7, 11) is 0. The van der Waals surface area contributed by atoms with Crippen LogP contribution in [0.15, 0.2) is 81.9 Å². The van der Waals surface area contributed by atoms with Crippen molar-refractivity contribution in [3.05, 3.63) is 104 Å². The third kappa shape index (κ3) is 5.39. The molecule has 0 radical (unpaired) electrons. The summed E-state index contributed by atoms with van der Waals surface area (Å²) in [6, 6.07) is 2.50. The molecule has 2 heterocycles. The normalized spacial score (nSPS) is 10.9. The maximum atomic E-state index is 13.0. The Morgan fingerprint density at radius 3 is 1.08 bits per heavy atom. The number of carbonyl (C=O) groups is 2. The van der Waals surface area contributed by atoms with Gasteiger partial charge in [0.25, 0.3) is 22.2 Å². The van der Waals surface area contributed by atoms with Crippen LogP contribution in [0.5, 0.6) is 0 Å². The standard InChI is InChI=1S/C28H30N4O6/c1-5-11-29(12-6-2)23(33)9-15-31-25(35)19-17-21-22(18-20(19)26(31)36)28(38)32(27(21)37)16-10-24(34)30(13-7-3)14-8-4/h5-8,17-18H,1-4,9-16H2. The summed E-state index contributed by atoms with van der Waals surface area (Å²) in [5.41, 5.74) is -2.56. The van der Waals surface area contributed by atoms with Crippen LogP contribution in [0, 0.1) is 0 Å². The number of benzene rings is 1. The second-order valence-corrected chi connectivity index (χ2v) is 8.72. The van der Waals surface area contributed by atoms with Crippen LogP contribution in [0.25, 0.3) is 21.5 Å². The van der Waals surface area contributed by atoms with Crippen molar-refractivity contribution in [3.63, 3.8) is 0 Å². The van der Waals surface area contributed by atoms with E-state index < -0.39 is 22.2 Å². The van der Waals surface area contributed by atoms with Gasteiger partial charge in [-0.3, -0.25) is 37.9 Å². The Bertz CT molecular complexity index is 1420. The van der Waals surface area contributed by atoms with Crippen molar-refractivity contribution in [1.29, 1.82) is 0 Å². The number of nitrogens with zero attached hydrogens (tertiary/aromatic N) is 4. The van der Waals surface area contributed by atoms with E-state index in [1.165, 1.54) is 21.9 Å². The van der Waals surface area contributed by atoms with E-state index in [2.05, 4.69) is 26.3 Å². The number of aromatic nitrogens is 2. The Hall–Kier alpha value is -4.60. The number of hydrogen-bond donors (Lipinski definition) is 0. The molecule has 198 valence electrons. The molecule has 38 heavy (non-hydrogen) atoms. The van der Waals surface area contributed by atoms with Crippen LogP contribution < -0.4 is 22.2 Å². The summed E-state index contributed by atoms with van der Waals surface area (Å²) in [6.07, 6.45) is 6.07. The number of fused-ring (bicyclic) bond motifs is 2. The van der Waals surface area contributed by atoms with E-state index in [-0.39, 0.29) is 59.3 Å². The number of amides is 2. The predicted molar refractivity (Wildman–Crippen MR) is 148 cm³/mol. The molecule has 2 aromatic heterocycles. The van der Waals surface area contributed by atoms with Gasteiger partial charge in [-0.15, -0.1) is 26.3 Å². The SMILES string of the molecule is C=CCN(CC=C)C(=O)CCn1c(=O)c2cc3c(=O)n(CCC(=O)N(CC=C)CC=C)c(=O)c3cc2c1=O. The molecule has 3 rings (SSSR count). The Balaban J connectivity index is 1.92. The zero-order valence-electron chi connectivity index (χ0n) is 21.2. The molecule has 1 aromatic carbocycles. The molecule has 0 aliphatic heterocycles. The highest BCUT2D eigenvalue weighted by molar-refractivity contribution is 5.97. The van der Waals surface area contributed by atoms with Crippen LogP contribution in [0.2, 0.25) is 0 Å². The Morgan fingerprint density at radius 1 is 0.579 bits per heavy atom. The fourth-order valence-corrected chi connectivity index (χ4v) is 4.39. The summed E-state index contributed by atoms with van der Waals surface area (Å²) in [6.45, 7) is 15.3. The van der Waals surface area contributed by atoms with Crippen molar-refractivity contribution >= 4 is 33.4 Å². The molecule has 0 spiro atoms. The fraction of sp³-hybridized carbons (Fsp3) is 0.286. The molecule has 0 atom stereocenters. The van der Waals surface area contributed by atoms with E-state index in [0.717, 1.165) is 9.13 Å². The Morgan fingerprint density at radius 2 is 0.842 bits per heavy atom. The molecule has 0 aliphatic carbocycles. The van der Waals surface area contributed by atoms with Gasteiger partial charge in [-0.05, 0) is 12.1 Å². The van der Waals surface area contributed by atoms with Crippen molar-refractivity contribution in [1.82, 2.24) is 18.9 Å². The minimum absolute atomic E-state index is 0.00236. The average molecular weight is 519 g/mol. The van der Waals surface area contributed by atoms with Crippen molar-refractivity contribution < 1.29 is 9.59 Å². The first-order valence-electron chi connectivity index (χ1n) is 12.1. The average Bonchev–Trinajstić information content (AvgIpc) is 3.28. The highest BCUT2D eigenvalue weighted by atomic mass is 16.2. The van der Waals surface area contributed by atoms with Crippen LogP contribution in [-0.4, -0.2) is 56.9 Å². The number of carbonyl (C=O) groups excluding carboxylic acids is 2. The van der Waals surface area contributed by atoms with Gasteiger partial charge in [0.2, 0.25) is 11.8 Å². The molecular formula is C28H30N4O6. The monoisotopic (exact) mass is 518 g/mol. The van der Waals surface area contributed by atoms with Crippen LogP contribution in [0.3, 0.4) is 0 Å². The zero-order valence-corrected chi connectivity index (χ0v) is 21.2. The second kappa shape index (κ2) is 12.1. The van der Waals surface area contributed by atoms with E-state index in [0.29, 0.717) is 26.2 Å². The molecule has 0 fully saturated rings. The van der Waals surface area contributed by atoms with Crippen molar-refractivity contribution in [2.75, 3.05) is 26.2 Å². The molecule has 10 nitrogen and oxygen atoms in total. The minimum Gasteiger partial charge on any atom is -0.335 e. The van der Waals surface area contributed by atoms with Gasteiger partial charge in [0.15, 0.2) is 0 Å². The predicted octanol–water partition coefficient (Wildman–Crippen LogP) is 1.09. The van der Waals surface area contributed by atoms with E-state index in [1.807, 2.05) is 0 Å². The number of rotatable bonds is 14. The van der Waals surface area contributed by atoms with Gasteiger partial charge in [-0.1, -0.05) is 24.3 Å². The summed E-state index contributed by atoms with van der Waals surface area (Å²) in [5, 5.41) is -0.00942. The quantitative estimate of drug-likeness (QED) is 0.295. The van der Waals surface area contributed by atoms with Gasteiger partial charge < -0.3 is 9.80 Å². The largest absolute Gasteiger partial charge is 0.335 e. The van der Waals surface area contributed by atoms with Crippen molar-refractivity contribution in [2.45, 2.75) is 25.9 Å².